The first-order valence-electron chi connectivity index (χ1n) is 44.4. The van der Waals surface area contributed by atoms with Gasteiger partial charge in [-0.15, -0.1) is 0 Å². The lowest BCUT2D eigenvalue weighted by molar-refractivity contribution is -0.147. The van der Waals surface area contributed by atoms with Gasteiger partial charge in [0.15, 0.2) is 0 Å². The molecule has 0 aliphatic carbocycles. The molecule has 5 saturated heterocycles. The van der Waals surface area contributed by atoms with Crippen LogP contribution in [0.25, 0.3) is 0 Å². The predicted octanol–water partition coefficient (Wildman–Crippen LogP) is 10.4. The van der Waals surface area contributed by atoms with E-state index in [0.29, 0.717) is 55.9 Å². The number of carboxylic acids is 1. The number of primary amides is 5. The van der Waals surface area contributed by atoms with Crippen molar-refractivity contribution in [1.29, 1.82) is 0 Å². The third-order valence-corrected chi connectivity index (χ3v) is 23.3. The van der Waals surface area contributed by atoms with Gasteiger partial charge in [0.25, 0.3) is 0 Å². The molecule has 0 saturated carbocycles. The summed E-state index contributed by atoms with van der Waals surface area (Å²) in [6, 6.07) is 56.5. The summed E-state index contributed by atoms with van der Waals surface area (Å²) in [4.78, 5) is 204. The van der Waals surface area contributed by atoms with Gasteiger partial charge in [0.2, 0.25) is 29.5 Å². The molecule has 5 aliphatic rings. The summed E-state index contributed by atoms with van der Waals surface area (Å²) in [7, 11) is 0. The van der Waals surface area contributed by atoms with Crippen LogP contribution in [0.2, 0.25) is 0 Å². The van der Waals surface area contributed by atoms with Gasteiger partial charge in [-0.1, -0.05) is 186 Å². The van der Waals surface area contributed by atoms with Crippen LogP contribution in [0.4, 0.5) is 28.4 Å². The number of amides is 14. The molecule has 10 aromatic rings. The Bertz CT molecular complexity index is 5310. The zero-order chi connectivity index (χ0) is 98.1. The van der Waals surface area contributed by atoms with Crippen LogP contribution in [-0.2, 0) is 47.9 Å². The van der Waals surface area contributed by atoms with Crippen LogP contribution in [-0.4, -0.2) is 171 Å². The summed E-state index contributed by atoms with van der Waals surface area (Å²) in [5.74, 6) is -9.45. The van der Waals surface area contributed by atoms with Crippen LogP contribution >= 0.6 is 0 Å². The van der Waals surface area contributed by atoms with E-state index in [-0.39, 0.29) is 80.4 Å². The molecule has 0 bridgehead atoms. The van der Waals surface area contributed by atoms with Gasteiger partial charge in [-0.3, -0.25) is 92.0 Å². The Balaban J connectivity index is 0.000000172. The molecule has 136 heavy (non-hydrogen) atoms. The smallest absolute Gasteiger partial charge is 0.394 e. The molecular formula is C100H112N20O16. The average molecular weight is 1850 g/mol. The molecule has 10 atom stereocenters. The maximum absolute atomic E-state index is 12.9. The first-order valence-corrected chi connectivity index (χ1v) is 44.4. The number of hydrogen-bond acceptors (Lipinski definition) is 21. The lowest BCUT2D eigenvalue weighted by Crippen LogP contribution is -2.46. The van der Waals surface area contributed by atoms with E-state index in [0.717, 1.165) is 79.5 Å². The number of benzene rings is 5. The number of nitrogens with zero attached hydrogens (tertiary/aromatic N) is 9. The SMILES string of the molecule is CC1CCC(c2ccccc2)N(C(=O)C(=O)Nc2cncc(C(N)=O)c2)C1.CC1CCC(c2ccccc2)NC1.C[C@@H]1CC[C@@H](c2ccccc2)N(C(=O)C(=O)Nc2cncc(C(N)=O)c2)C1.C[C@@H]1CC[C@H](c2ccccc2)N(C(=O)C(=O)Nc2cncc(C(N)=O)c2)C1.C[C@H]1CC[C@H](c2ccccc2)N(C(=O)C(=O)Nc2cncc(C(N)=O)c2)C1.NC(=O)c1cncc(NC(=O)C(=O)O)c1. The second-order valence-electron chi connectivity index (χ2n) is 34.0. The van der Waals surface area contributed by atoms with Crippen molar-refractivity contribution in [2.75, 3.05) is 59.3 Å². The lowest BCUT2D eigenvalue weighted by atomic mass is 9.90. The number of carbonyl (C=O) groups is 15. The van der Waals surface area contributed by atoms with Gasteiger partial charge in [0.1, 0.15) is 0 Å². The zero-order valence-corrected chi connectivity index (χ0v) is 76.0. The summed E-state index contributed by atoms with van der Waals surface area (Å²) in [6.45, 7) is 13.8. The van der Waals surface area contributed by atoms with Crippen LogP contribution in [0.1, 0.15) is 209 Å². The number of likely N-dealkylation sites (tertiary alicyclic amines) is 4. The van der Waals surface area contributed by atoms with Crippen molar-refractivity contribution in [3.05, 3.63) is 300 Å². The number of nitrogens with one attached hydrogen (secondary N) is 6. The third-order valence-electron chi connectivity index (χ3n) is 23.3. The topological polar surface area (TPSA) is 556 Å². The molecule has 708 valence electrons. The highest BCUT2D eigenvalue weighted by Crippen LogP contribution is 2.38. The van der Waals surface area contributed by atoms with E-state index in [1.165, 1.54) is 117 Å². The molecule has 14 amide bonds. The third kappa shape index (κ3) is 29.9. The minimum absolute atomic E-state index is 0.0817. The zero-order valence-electron chi connectivity index (χ0n) is 76.0. The number of aromatic nitrogens is 5. The van der Waals surface area contributed by atoms with Crippen molar-refractivity contribution in [1.82, 2.24) is 49.8 Å². The summed E-state index contributed by atoms with van der Waals surface area (Å²) in [5, 5.41) is 24.0. The number of anilines is 5. The minimum atomic E-state index is -1.63. The second kappa shape index (κ2) is 49.9. The van der Waals surface area contributed by atoms with E-state index in [1.54, 1.807) is 19.6 Å². The van der Waals surface area contributed by atoms with Crippen molar-refractivity contribution >= 4 is 117 Å². The van der Waals surface area contributed by atoms with Crippen LogP contribution in [0.15, 0.2) is 244 Å². The molecule has 5 fully saturated rings. The molecule has 5 aromatic heterocycles. The molecule has 17 N–H and O–H groups in total. The number of carbonyl (C=O) groups excluding carboxylic acids is 14. The van der Waals surface area contributed by atoms with Crippen molar-refractivity contribution < 1.29 is 77.0 Å². The van der Waals surface area contributed by atoms with E-state index < -0.39 is 88.7 Å². The largest absolute Gasteiger partial charge is 0.474 e. The van der Waals surface area contributed by atoms with Gasteiger partial charge in [-0.25, -0.2) is 4.79 Å². The highest BCUT2D eigenvalue weighted by molar-refractivity contribution is 6.41. The number of rotatable bonds is 15. The lowest BCUT2D eigenvalue weighted by Gasteiger charge is -2.38. The Labute approximate surface area is 786 Å². The molecule has 36 nitrogen and oxygen atoms in total. The molecular weight excluding hydrogens is 1740 g/mol. The maximum Gasteiger partial charge on any atom is 0.394 e. The number of nitrogens with two attached hydrogens (primary N) is 5. The van der Waals surface area contributed by atoms with E-state index in [9.17, 15) is 71.9 Å². The van der Waals surface area contributed by atoms with Gasteiger partial charge in [0, 0.05) is 63.2 Å². The van der Waals surface area contributed by atoms with Crippen molar-refractivity contribution in [2.45, 2.75) is 129 Å². The van der Waals surface area contributed by atoms with Gasteiger partial charge in [0.05, 0.1) is 111 Å². The molecule has 15 rings (SSSR count). The van der Waals surface area contributed by atoms with Crippen LogP contribution in [0.5, 0.6) is 0 Å². The monoisotopic (exact) mass is 1850 g/mol. The summed E-state index contributed by atoms with van der Waals surface area (Å²) in [5.41, 5.74) is 33.2. The van der Waals surface area contributed by atoms with Crippen LogP contribution < -0.4 is 60.6 Å². The fraction of sp³-hybridized carbons (Fsp3) is 0.300. The normalized spacial score (nSPS) is 19.2. The first kappa shape index (κ1) is 102. The Morgan fingerprint density at radius 1 is 0.279 bits per heavy atom. The highest BCUT2D eigenvalue weighted by atomic mass is 16.4. The second-order valence-corrected chi connectivity index (χ2v) is 34.0. The van der Waals surface area contributed by atoms with Gasteiger partial charge < -0.3 is 85.3 Å². The maximum atomic E-state index is 12.9. The molecule has 5 aliphatic heterocycles. The fourth-order valence-electron chi connectivity index (χ4n) is 16.2. The number of aliphatic carboxylic acids is 1. The quantitative estimate of drug-likeness (QED) is 0.0424. The predicted molar refractivity (Wildman–Crippen MR) is 507 cm³/mol. The number of carboxylic acid groups (broad SMARTS) is 1. The summed E-state index contributed by atoms with van der Waals surface area (Å²) in [6.07, 6.45) is 22.9. The van der Waals surface area contributed by atoms with E-state index >= 15 is 0 Å². The van der Waals surface area contributed by atoms with Crippen LogP contribution in [0.3, 0.4) is 0 Å². The Morgan fingerprint density at radius 3 is 0.684 bits per heavy atom. The van der Waals surface area contributed by atoms with Gasteiger partial charge in [-0.2, -0.15) is 0 Å². The Morgan fingerprint density at radius 2 is 0.485 bits per heavy atom. The van der Waals surface area contributed by atoms with Crippen molar-refractivity contribution in [3.63, 3.8) is 0 Å². The average Bonchev–Trinajstić information content (AvgIpc) is 0.819. The molecule has 36 heteroatoms. The molecule has 0 radical (unpaired) electrons. The van der Waals surface area contributed by atoms with E-state index in [4.69, 9.17) is 33.8 Å². The summed E-state index contributed by atoms with van der Waals surface area (Å²) >= 11 is 0. The first-order chi connectivity index (χ1) is 65.2. The van der Waals surface area contributed by atoms with E-state index in [2.05, 4.69) is 116 Å². The van der Waals surface area contributed by atoms with Crippen LogP contribution in [0, 0.1) is 29.6 Å². The highest BCUT2D eigenvalue weighted by Gasteiger charge is 2.39. The Kier molecular flexibility index (Phi) is 37.4. The number of pyridine rings is 5. The minimum Gasteiger partial charge on any atom is -0.474 e. The van der Waals surface area contributed by atoms with Gasteiger partial charge in [-0.05, 0) is 158 Å². The number of piperidine rings is 5. The summed E-state index contributed by atoms with van der Waals surface area (Å²) < 4.78 is 0. The fourth-order valence-corrected chi connectivity index (χ4v) is 16.2. The van der Waals surface area contributed by atoms with Crippen molar-refractivity contribution in [2.24, 2.45) is 58.3 Å². The van der Waals surface area contributed by atoms with Gasteiger partial charge >= 0.3 is 59.1 Å². The standard InChI is InChI=1S/4C20H22N4O3.C12H17N.C8H7N3O4/c4*1-13-7-8-17(14-5-3-2-4-6-14)24(12-13)20(27)19(26)23-16-9-15(18(21)25)10-22-11-16;1-10-7-8-12(13-9-10)11-5-3-2-4-6-11;9-6(12)4-1-5(3-10-2-4)11-7(13)8(14)15/h4*2-6,9-11,13,17H,7-8,12H2,1H3,(H2,21,25)(H,23,26);2-6,10,12-13H,7-9H2,1H3;1-3H,(H2,9,12)(H,11,13)(H,14,15)/t2*13-,17+;13-,17-;;;/m101.../s1. The van der Waals surface area contributed by atoms with E-state index in [1.807, 2.05) is 127 Å². The number of hydrogen-bond donors (Lipinski definition) is 12. The Hall–Kier alpha value is -16.1. The van der Waals surface area contributed by atoms with Crippen molar-refractivity contribution in [3.8, 4) is 0 Å². The molecule has 4 unspecified atom stereocenters. The molecule has 5 aromatic carbocycles. The molecule has 0 spiro atoms. The molecule has 10 heterocycles.